The first-order chi connectivity index (χ1) is 16.0. The molecule has 2 saturated carbocycles. The lowest BCUT2D eigenvalue weighted by atomic mass is 10.2. The molecule has 0 N–H and O–H groups in total. The number of aryl methyl sites for hydroxylation is 1. The van der Waals surface area contributed by atoms with Crippen molar-refractivity contribution in [2.45, 2.75) is 65.1 Å². The van der Waals surface area contributed by atoms with Gasteiger partial charge in [0.15, 0.2) is 0 Å². The van der Waals surface area contributed by atoms with Gasteiger partial charge in [0.2, 0.25) is 0 Å². The Bertz CT molecular complexity index is 1150. The molecule has 0 radical (unpaired) electrons. The Labute approximate surface area is 194 Å². The van der Waals surface area contributed by atoms with Crippen LogP contribution in [-0.4, -0.2) is 33.0 Å². The van der Waals surface area contributed by atoms with Gasteiger partial charge in [-0.15, -0.1) is 0 Å². The largest absolute Gasteiger partial charge is 0.354 e. The number of hydrogen-bond donors (Lipinski definition) is 0. The van der Waals surface area contributed by atoms with Gasteiger partial charge >= 0.3 is 0 Å². The van der Waals surface area contributed by atoms with Crippen molar-refractivity contribution in [3.05, 3.63) is 71.2 Å². The third kappa shape index (κ3) is 4.36. The lowest BCUT2D eigenvalue weighted by Gasteiger charge is -2.24. The van der Waals surface area contributed by atoms with E-state index < -0.39 is 0 Å². The number of hydrogen-bond acceptors (Lipinski definition) is 4. The van der Waals surface area contributed by atoms with Crippen LogP contribution in [0.5, 0.6) is 0 Å². The van der Waals surface area contributed by atoms with E-state index >= 15 is 0 Å². The third-order valence-corrected chi connectivity index (χ3v) is 6.60. The molecule has 1 aromatic carbocycles. The highest BCUT2D eigenvalue weighted by atomic mass is 19.1. The predicted octanol–water partition coefficient (Wildman–Crippen LogP) is 5.20. The standard InChI is InChI=1S/C26H30FN5O/c1-4-30(21-10-11-21)24-14-5-19(15-28-24)16-31(22-8-6-20(27)7-9-22)26(33)25-17(2)32(18(3)29-25)23-12-13-23/h5-9,14-15,21,23H,4,10-13,16H2,1-3H3. The Morgan fingerprint density at radius 1 is 1.09 bits per heavy atom. The molecule has 33 heavy (non-hydrogen) atoms. The quantitative estimate of drug-likeness (QED) is 0.476. The van der Waals surface area contributed by atoms with Crippen molar-refractivity contribution in [2.75, 3.05) is 16.3 Å². The first-order valence-electron chi connectivity index (χ1n) is 11.8. The minimum absolute atomic E-state index is 0.182. The molecule has 0 spiro atoms. The summed E-state index contributed by atoms with van der Waals surface area (Å²) in [7, 11) is 0. The molecular weight excluding hydrogens is 417 g/mol. The average Bonchev–Trinajstić information content (AvgIpc) is 3.74. The average molecular weight is 448 g/mol. The molecule has 0 atom stereocenters. The Kier molecular flexibility index (Phi) is 5.64. The number of carbonyl (C=O) groups is 1. The van der Waals surface area contributed by atoms with Crippen LogP contribution in [0.15, 0.2) is 42.6 Å². The fraction of sp³-hybridized carbons (Fsp3) is 0.423. The smallest absolute Gasteiger partial charge is 0.279 e. The minimum atomic E-state index is -0.332. The molecule has 6 nitrogen and oxygen atoms in total. The van der Waals surface area contributed by atoms with Crippen molar-refractivity contribution < 1.29 is 9.18 Å². The van der Waals surface area contributed by atoms with Crippen molar-refractivity contribution in [2.24, 2.45) is 0 Å². The molecule has 172 valence electrons. The molecule has 5 rings (SSSR count). The number of nitrogens with zero attached hydrogens (tertiary/aromatic N) is 5. The lowest BCUT2D eigenvalue weighted by Crippen LogP contribution is -2.31. The van der Waals surface area contributed by atoms with Gasteiger partial charge in [0.25, 0.3) is 5.91 Å². The number of carbonyl (C=O) groups excluding carboxylic acids is 1. The third-order valence-electron chi connectivity index (χ3n) is 6.60. The van der Waals surface area contributed by atoms with Crippen LogP contribution < -0.4 is 9.80 Å². The second-order valence-corrected chi connectivity index (χ2v) is 9.10. The molecule has 2 aromatic heterocycles. The summed E-state index contributed by atoms with van der Waals surface area (Å²) in [5.41, 5.74) is 2.90. The maximum Gasteiger partial charge on any atom is 0.279 e. The summed E-state index contributed by atoms with van der Waals surface area (Å²) in [6, 6.07) is 11.1. The minimum Gasteiger partial charge on any atom is -0.354 e. The second-order valence-electron chi connectivity index (χ2n) is 9.10. The van der Waals surface area contributed by atoms with Gasteiger partial charge in [0.05, 0.1) is 6.54 Å². The number of benzene rings is 1. The molecule has 2 aliphatic rings. The van der Waals surface area contributed by atoms with Crippen LogP contribution in [0.2, 0.25) is 0 Å². The van der Waals surface area contributed by atoms with Gasteiger partial charge in [0.1, 0.15) is 23.2 Å². The summed E-state index contributed by atoms with van der Waals surface area (Å²) < 4.78 is 15.8. The first kappa shape index (κ1) is 21.6. The van der Waals surface area contributed by atoms with Gasteiger partial charge in [0, 0.05) is 36.2 Å². The molecule has 2 heterocycles. The molecule has 0 unspecified atom stereocenters. The summed E-state index contributed by atoms with van der Waals surface area (Å²) in [4.78, 5) is 27.0. The van der Waals surface area contributed by atoms with Crippen LogP contribution in [0, 0.1) is 19.7 Å². The van der Waals surface area contributed by atoms with Crippen LogP contribution in [-0.2, 0) is 6.54 Å². The molecular formula is C26H30FN5O. The summed E-state index contributed by atoms with van der Waals surface area (Å²) in [6.45, 7) is 7.32. The molecule has 1 amide bonds. The number of amides is 1. The fourth-order valence-electron chi connectivity index (χ4n) is 4.61. The highest BCUT2D eigenvalue weighted by Crippen LogP contribution is 2.38. The van der Waals surface area contributed by atoms with Crippen molar-refractivity contribution in [3.63, 3.8) is 0 Å². The highest BCUT2D eigenvalue weighted by Gasteiger charge is 2.32. The molecule has 2 aliphatic carbocycles. The van der Waals surface area contributed by atoms with Gasteiger partial charge in [-0.1, -0.05) is 6.07 Å². The number of anilines is 2. The number of imidazole rings is 1. The van der Waals surface area contributed by atoms with E-state index in [0.29, 0.717) is 30.0 Å². The number of pyridine rings is 1. The predicted molar refractivity (Wildman–Crippen MR) is 127 cm³/mol. The van der Waals surface area contributed by atoms with Crippen molar-refractivity contribution in [1.82, 2.24) is 14.5 Å². The number of rotatable bonds is 8. The van der Waals surface area contributed by atoms with Crippen LogP contribution in [0.3, 0.4) is 0 Å². The summed E-state index contributed by atoms with van der Waals surface area (Å²) in [6.07, 6.45) is 6.53. The molecule has 0 saturated heterocycles. The maximum atomic E-state index is 13.7. The molecule has 0 aliphatic heterocycles. The summed E-state index contributed by atoms with van der Waals surface area (Å²) in [5, 5.41) is 0. The van der Waals surface area contributed by atoms with Crippen molar-refractivity contribution in [1.29, 1.82) is 0 Å². The Balaban J connectivity index is 1.44. The van der Waals surface area contributed by atoms with E-state index in [9.17, 15) is 9.18 Å². The van der Waals surface area contributed by atoms with Crippen molar-refractivity contribution >= 4 is 17.4 Å². The van der Waals surface area contributed by atoms with Crippen LogP contribution >= 0.6 is 0 Å². The Morgan fingerprint density at radius 3 is 2.39 bits per heavy atom. The topological polar surface area (TPSA) is 54.3 Å². The van der Waals surface area contributed by atoms with E-state index in [1.807, 2.05) is 32.2 Å². The van der Waals surface area contributed by atoms with E-state index in [4.69, 9.17) is 0 Å². The fourth-order valence-corrected chi connectivity index (χ4v) is 4.61. The zero-order chi connectivity index (χ0) is 23.1. The lowest BCUT2D eigenvalue weighted by molar-refractivity contribution is 0.0980. The number of aromatic nitrogens is 3. The molecule has 3 aromatic rings. The van der Waals surface area contributed by atoms with E-state index in [1.165, 1.54) is 25.0 Å². The maximum absolute atomic E-state index is 13.7. The second kappa shape index (κ2) is 8.61. The Morgan fingerprint density at radius 2 is 1.82 bits per heavy atom. The van der Waals surface area contributed by atoms with Gasteiger partial charge in [-0.2, -0.15) is 0 Å². The van der Waals surface area contributed by atoms with Gasteiger partial charge < -0.3 is 14.4 Å². The van der Waals surface area contributed by atoms with Crippen LogP contribution in [0.25, 0.3) is 0 Å². The van der Waals surface area contributed by atoms with Crippen LogP contribution in [0.1, 0.15) is 66.2 Å². The molecule has 0 bridgehead atoms. The van der Waals surface area contributed by atoms with Crippen LogP contribution in [0.4, 0.5) is 15.9 Å². The number of halogens is 1. The van der Waals surface area contributed by atoms with E-state index in [1.54, 1.807) is 17.0 Å². The summed E-state index contributed by atoms with van der Waals surface area (Å²) in [5.74, 6) is 1.32. The zero-order valence-electron chi connectivity index (χ0n) is 19.5. The van der Waals surface area contributed by atoms with Gasteiger partial charge in [-0.05, 0) is 82.3 Å². The molecule has 2 fully saturated rings. The Hall–Kier alpha value is -3.22. The first-order valence-corrected chi connectivity index (χ1v) is 11.8. The normalized spacial score (nSPS) is 15.5. The van der Waals surface area contributed by atoms with Gasteiger partial charge in [-0.3, -0.25) is 4.79 Å². The highest BCUT2D eigenvalue weighted by molar-refractivity contribution is 6.05. The van der Waals surface area contributed by atoms with E-state index in [0.717, 1.165) is 42.3 Å². The van der Waals surface area contributed by atoms with E-state index in [-0.39, 0.29) is 11.7 Å². The van der Waals surface area contributed by atoms with Gasteiger partial charge in [-0.25, -0.2) is 14.4 Å². The summed E-state index contributed by atoms with van der Waals surface area (Å²) >= 11 is 0. The monoisotopic (exact) mass is 447 g/mol. The van der Waals surface area contributed by atoms with E-state index in [2.05, 4.69) is 26.4 Å². The molecule has 7 heteroatoms. The SMILES string of the molecule is CCN(c1ccc(CN(C(=O)c2nc(C)n(C3CC3)c2C)c2ccc(F)cc2)cn1)C1CC1. The van der Waals surface area contributed by atoms with Crippen molar-refractivity contribution in [3.8, 4) is 0 Å². The zero-order valence-corrected chi connectivity index (χ0v) is 19.5.